The van der Waals surface area contributed by atoms with Gasteiger partial charge in [0.05, 0.1) is 0 Å². The molecule has 0 nitrogen and oxygen atoms in total. The summed E-state index contributed by atoms with van der Waals surface area (Å²) < 4.78 is 60.7. The third kappa shape index (κ3) is 3.96. The summed E-state index contributed by atoms with van der Waals surface area (Å²) in [5.74, 6) is -1.49. The van der Waals surface area contributed by atoms with E-state index < -0.39 is 24.0 Å². The van der Waals surface area contributed by atoms with Gasteiger partial charge >= 0.3 is 0 Å². The van der Waals surface area contributed by atoms with Crippen LogP contribution in [0.25, 0.3) is 22.3 Å². The van der Waals surface area contributed by atoms with Gasteiger partial charge < -0.3 is 0 Å². The molecule has 168 valence electrons. The van der Waals surface area contributed by atoms with E-state index in [9.17, 15) is 4.39 Å². The van der Waals surface area contributed by atoms with E-state index in [4.69, 9.17) is 0 Å². The molecule has 3 aromatic carbocycles. The third-order valence-corrected chi connectivity index (χ3v) is 6.39. The largest absolute Gasteiger partial charge is 0.239 e. The first kappa shape index (κ1) is 22.6. The standard InChI is InChI=1S/C28H28F4/c1-3-5-6-8-17-9-11-18(12-10-17)20-15-16-22-21-14-13-19(7-4-2)25(29)23(21)27(31)28(32)24(22)26(20)30/h9-16,27-28H,3-8H2,1-2H3. The molecule has 0 radical (unpaired) electrons. The molecule has 0 aliphatic heterocycles. The maximum absolute atomic E-state index is 15.5. The Kier molecular flexibility index (Phi) is 6.68. The quantitative estimate of drug-likeness (QED) is 0.254. The minimum Gasteiger partial charge on any atom is -0.239 e. The van der Waals surface area contributed by atoms with Crippen molar-refractivity contribution in [3.63, 3.8) is 0 Å². The molecule has 0 heterocycles. The number of hydrogen-bond donors (Lipinski definition) is 0. The van der Waals surface area contributed by atoms with E-state index in [2.05, 4.69) is 6.92 Å². The van der Waals surface area contributed by atoms with E-state index in [1.165, 1.54) is 5.56 Å². The molecule has 3 aromatic rings. The maximum atomic E-state index is 15.5. The van der Waals surface area contributed by atoms with Crippen molar-refractivity contribution in [3.05, 3.63) is 82.4 Å². The molecule has 0 aromatic heterocycles. The molecule has 0 amide bonds. The molecule has 4 heteroatoms. The zero-order chi connectivity index (χ0) is 22.8. The summed E-state index contributed by atoms with van der Waals surface area (Å²) in [4.78, 5) is 0. The average molecular weight is 441 g/mol. The van der Waals surface area contributed by atoms with Gasteiger partial charge in [0.15, 0.2) is 12.3 Å². The van der Waals surface area contributed by atoms with Gasteiger partial charge in [-0.15, -0.1) is 0 Å². The number of fused-ring (bicyclic) bond motifs is 3. The first-order valence-corrected chi connectivity index (χ1v) is 11.5. The van der Waals surface area contributed by atoms with Crippen molar-refractivity contribution in [3.8, 4) is 22.3 Å². The zero-order valence-corrected chi connectivity index (χ0v) is 18.5. The average Bonchev–Trinajstić information content (AvgIpc) is 2.79. The van der Waals surface area contributed by atoms with E-state index in [0.29, 0.717) is 24.0 Å². The summed E-state index contributed by atoms with van der Waals surface area (Å²) >= 11 is 0. The molecule has 1 aliphatic rings. The minimum atomic E-state index is -2.25. The van der Waals surface area contributed by atoms with Crippen molar-refractivity contribution in [2.75, 3.05) is 0 Å². The van der Waals surface area contributed by atoms with Crippen molar-refractivity contribution in [1.29, 1.82) is 0 Å². The fourth-order valence-electron chi connectivity index (χ4n) is 4.65. The van der Waals surface area contributed by atoms with Crippen LogP contribution in [0.4, 0.5) is 17.6 Å². The first-order chi connectivity index (χ1) is 15.5. The predicted octanol–water partition coefficient (Wildman–Crippen LogP) is 9.02. The fraction of sp³-hybridized carbons (Fsp3) is 0.357. The molecular formula is C28H28F4. The predicted molar refractivity (Wildman–Crippen MR) is 122 cm³/mol. The second kappa shape index (κ2) is 9.48. The Morgan fingerprint density at radius 3 is 1.84 bits per heavy atom. The van der Waals surface area contributed by atoms with Gasteiger partial charge in [-0.2, -0.15) is 0 Å². The van der Waals surface area contributed by atoms with Crippen LogP contribution in [0.15, 0.2) is 48.5 Å². The summed E-state index contributed by atoms with van der Waals surface area (Å²) in [6.45, 7) is 4.05. The van der Waals surface area contributed by atoms with Crippen molar-refractivity contribution < 1.29 is 17.6 Å². The van der Waals surface area contributed by atoms with Gasteiger partial charge in [-0.1, -0.05) is 81.6 Å². The van der Waals surface area contributed by atoms with Crippen LogP contribution in [0.2, 0.25) is 0 Å². The van der Waals surface area contributed by atoms with Crippen LogP contribution in [0, 0.1) is 11.6 Å². The molecule has 0 spiro atoms. The number of benzene rings is 3. The molecule has 32 heavy (non-hydrogen) atoms. The molecule has 4 rings (SSSR count). The normalized spacial score (nSPS) is 17.2. The fourth-order valence-corrected chi connectivity index (χ4v) is 4.65. The van der Waals surface area contributed by atoms with Crippen LogP contribution < -0.4 is 0 Å². The van der Waals surface area contributed by atoms with Crippen LogP contribution in [0.1, 0.15) is 74.1 Å². The lowest BCUT2D eigenvalue weighted by atomic mass is 9.80. The molecule has 0 N–H and O–H groups in total. The Bertz CT molecular complexity index is 1100. The second-order valence-corrected chi connectivity index (χ2v) is 8.60. The number of alkyl halides is 2. The van der Waals surface area contributed by atoms with Gasteiger partial charge in [0.25, 0.3) is 0 Å². The van der Waals surface area contributed by atoms with Crippen LogP contribution in [-0.2, 0) is 12.8 Å². The number of rotatable bonds is 7. The Morgan fingerprint density at radius 2 is 1.22 bits per heavy atom. The van der Waals surface area contributed by atoms with Crippen LogP contribution in [-0.4, -0.2) is 0 Å². The Balaban J connectivity index is 1.75. The lowest BCUT2D eigenvalue weighted by Gasteiger charge is -2.28. The monoisotopic (exact) mass is 440 g/mol. The van der Waals surface area contributed by atoms with Crippen LogP contribution >= 0.6 is 0 Å². The first-order valence-electron chi connectivity index (χ1n) is 11.5. The smallest absolute Gasteiger partial charge is 0.164 e. The van der Waals surface area contributed by atoms with E-state index >= 15 is 13.2 Å². The number of hydrogen-bond acceptors (Lipinski definition) is 0. The Labute approximate surface area is 187 Å². The van der Waals surface area contributed by atoms with Crippen molar-refractivity contribution in [2.45, 2.75) is 64.7 Å². The number of unbranched alkanes of at least 4 members (excludes halogenated alkanes) is 2. The summed E-state index contributed by atoms with van der Waals surface area (Å²) in [5, 5.41) is 0. The topological polar surface area (TPSA) is 0 Å². The Hall–Kier alpha value is -2.62. The van der Waals surface area contributed by atoms with Gasteiger partial charge in [-0.25, -0.2) is 17.6 Å². The van der Waals surface area contributed by atoms with Crippen molar-refractivity contribution >= 4 is 0 Å². The molecule has 0 saturated heterocycles. The van der Waals surface area contributed by atoms with Crippen LogP contribution in [0.3, 0.4) is 0 Å². The highest BCUT2D eigenvalue weighted by Gasteiger charge is 2.39. The highest BCUT2D eigenvalue weighted by molar-refractivity contribution is 5.79. The molecular weight excluding hydrogens is 412 g/mol. The summed E-state index contributed by atoms with van der Waals surface area (Å²) in [7, 11) is 0. The molecule has 1 aliphatic carbocycles. The SMILES string of the molecule is CCCCCc1ccc(-c2ccc3c(c2F)C(F)C(F)c2c-3ccc(CCC)c2F)cc1. The molecule has 0 fully saturated rings. The molecule has 0 bridgehead atoms. The van der Waals surface area contributed by atoms with Gasteiger partial charge in [-0.05, 0) is 47.1 Å². The molecule has 0 saturated carbocycles. The highest BCUT2D eigenvalue weighted by Crippen LogP contribution is 2.51. The number of aryl methyl sites for hydroxylation is 2. The number of halogens is 4. The van der Waals surface area contributed by atoms with E-state index in [0.717, 1.165) is 25.7 Å². The maximum Gasteiger partial charge on any atom is 0.164 e. The van der Waals surface area contributed by atoms with E-state index in [1.807, 2.05) is 31.2 Å². The van der Waals surface area contributed by atoms with Crippen molar-refractivity contribution in [1.82, 2.24) is 0 Å². The van der Waals surface area contributed by atoms with Gasteiger partial charge in [0, 0.05) is 16.7 Å². The van der Waals surface area contributed by atoms with Gasteiger partial charge in [0.1, 0.15) is 11.6 Å². The van der Waals surface area contributed by atoms with Crippen LogP contribution in [0.5, 0.6) is 0 Å². The third-order valence-electron chi connectivity index (χ3n) is 6.39. The zero-order valence-electron chi connectivity index (χ0n) is 18.5. The molecule has 2 unspecified atom stereocenters. The van der Waals surface area contributed by atoms with E-state index in [1.54, 1.807) is 24.3 Å². The van der Waals surface area contributed by atoms with Gasteiger partial charge in [0.2, 0.25) is 0 Å². The summed E-state index contributed by atoms with van der Waals surface area (Å²) in [5.41, 5.74) is 2.21. The minimum absolute atomic E-state index is 0.223. The highest BCUT2D eigenvalue weighted by atomic mass is 19.2. The van der Waals surface area contributed by atoms with Gasteiger partial charge in [-0.3, -0.25) is 0 Å². The molecule has 2 atom stereocenters. The van der Waals surface area contributed by atoms with E-state index in [-0.39, 0.29) is 27.8 Å². The lowest BCUT2D eigenvalue weighted by Crippen LogP contribution is -2.16. The summed E-state index contributed by atoms with van der Waals surface area (Å²) in [6, 6.07) is 13.9. The second-order valence-electron chi connectivity index (χ2n) is 8.60. The lowest BCUT2D eigenvalue weighted by molar-refractivity contribution is 0.160. The van der Waals surface area contributed by atoms with Crippen molar-refractivity contribution in [2.24, 2.45) is 0 Å². The Morgan fingerprint density at radius 1 is 0.625 bits per heavy atom. The summed E-state index contributed by atoms with van der Waals surface area (Å²) in [6.07, 6.45) is 1.00.